The molecular formula is C20H18BrN3O. The summed E-state index contributed by atoms with van der Waals surface area (Å²) in [6.07, 6.45) is 4.26. The molecule has 0 radical (unpaired) electrons. The quantitative estimate of drug-likeness (QED) is 0.607. The molecule has 0 spiro atoms. The first-order valence-corrected chi connectivity index (χ1v) is 8.81. The van der Waals surface area contributed by atoms with Crippen molar-refractivity contribution in [3.63, 3.8) is 0 Å². The molecule has 1 aromatic heterocycles. The SMILES string of the molecule is CCc1ccc(Nc2cncc(C(=O)Nc3cccc(Br)c3)c2)cc1. The summed E-state index contributed by atoms with van der Waals surface area (Å²) in [6, 6.07) is 17.5. The van der Waals surface area contributed by atoms with Gasteiger partial charge in [-0.05, 0) is 48.4 Å². The topological polar surface area (TPSA) is 54.0 Å². The van der Waals surface area contributed by atoms with Crippen molar-refractivity contribution in [1.29, 1.82) is 0 Å². The van der Waals surface area contributed by atoms with E-state index in [9.17, 15) is 4.79 Å². The predicted molar refractivity (Wildman–Crippen MR) is 105 cm³/mol. The minimum atomic E-state index is -0.199. The largest absolute Gasteiger partial charge is 0.354 e. The smallest absolute Gasteiger partial charge is 0.257 e. The molecule has 1 amide bonds. The average molecular weight is 396 g/mol. The third kappa shape index (κ3) is 4.67. The molecule has 126 valence electrons. The zero-order valence-corrected chi connectivity index (χ0v) is 15.4. The fourth-order valence-corrected chi connectivity index (χ4v) is 2.79. The summed E-state index contributed by atoms with van der Waals surface area (Å²) in [5, 5.41) is 6.14. The van der Waals surface area contributed by atoms with E-state index in [1.165, 1.54) is 5.56 Å². The Morgan fingerprint density at radius 3 is 2.52 bits per heavy atom. The van der Waals surface area contributed by atoms with Gasteiger partial charge in [-0.25, -0.2) is 0 Å². The highest BCUT2D eigenvalue weighted by molar-refractivity contribution is 9.10. The molecule has 0 bridgehead atoms. The van der Waals surface area contributed by atoms with Crippen molar-refractivity contribution in [3.05, 3.63) is 82.6 Å². The first kappa shape index (κ1) is 17.2. The summed E-state index contributed by atoms with van der Waals surface area (Å²) < 4.78 is 0.911. The molecule has 0 saturated heterocycles. The number of halogens is 1. The lowest BCUT2D eigenvalue weighted by Crippen LogP contribution is -2.12. The highest BCUT2D eigenvalue weighted by Crippen LogP contribution is 2.19. The molecule has 0 fully saturated rings. The number of hydrogen-bond donors (Lipinski definition) is 2. The van der Waals surface area contributed by atoms with E-state index in [4.69, 9.17) is 0 Å². The second kappa shape index (κ2) is 7.94. The number of hydrogen-bond acceptors (Lipinski definition) is 3. The Kier molecular flexibility index (Phi) is 5.46. The average Bonchev–Trinajstić information content (AvgIpc) is 2.62. The summed E-state index contributed by atoms with van der Waals surface area (Å²) >= 11 is 3.39. The van der Waals surface area contributed by atoms with E-state index in [0.29, 0.717) is 5.56 Å². The van der Waals surface area contributed by atoms with Crippen LogP contribution in [0.4, 0.5) is 17.1 Å². The zero-order valence-electron chi connectivity index (χ0n) is 13.8. The molecule has 0 aliphatic heterocycles. The van der Waals surface area contributed by atoms with Gasteiger partial charge in [0.2, 0.25) is 0 Å². The van der Waals surface area contributed by atoms with Crippen LogP contribution in [0, 0.1) is 0 Å². The number of aromatic nitrogens is 1. The van der Waals surface area contributed by atoms with Crippen LogP contribution in [0.25, 0.3) is 0 Å². The van der Waals surface area contributed by atoms with Gasteiger partial charge >= 0.3 is 0 Å². The van der Waals surface area contributed by atoms with Crippen molar-refractivity contribution in [3.8, 4) is 0 Å². The van der Waals surface area contributed by atoms with Crippen LogP contribution in [-0.2, 0) is 6.42 Å². The van der Waals surface area contributed by atoms with Gasteiger partial charge in [0.25, 0.3) is 5.91 Å². The van der Waals surface area contributed by atoms with Gasteiger partial charge in [0.05, 0.1) is 17.4 Å². The van der Waals surface area contributed by atoms with Gasteiger partial charge in [0.1, 0.15) is 0 Å². The molecule has 0 aliphatic carbocycles. The third-order valence-corrected chi connectivity index (χ3v) is 4.23. The van der Waals surface area contributed by atoms with Gasteiger partial charge in [-0.15, -0.1) is 0 Å². The molecular weight excluding hydrogens is 378 g/mol. The molecule has 2 aromatic carbocycles. The number of carbonyl (C=O) groups excluding carboxylic acids is 1. The van der Waals surface area contributed by atoms with Crippen LogP contribution in [0.1, 0.15) is 22.8 Å². The van der Waals surface area contributed by atoms with E-state index in [0.717, 1.165) is 28.0 Å². The zero-order chi connectivity index (χ0) is 17.6. The molecule has 4 nitrogen and oxygen atoms in total. The van der Waals surface area contributed by atoms with E-state index >= 15 is 0 Å². The summed E-state index contributed by atoms with van der Waals surface area (Å²) in [5.41, 5.74) is 4.24. The van der Waals surface area contributed by atoms with E-state index in [1.54, 1.807) is 18.5 Å². The molecule has 0 saturated carbocycles. The number of amides is 1. The maximum atomic E-state index is 12.4. The fraction of sp³-hybridized carbons (Fsp3) is 0.100. The third-order valence-electron chi connectivity index (χ3n) is 3.73. The van der Waals surface area contributed by atoms with Gasteiger partial charge < -0.3 is 10.6 Å². The molecule has 3 aromatic rings. The second-order valence-corrected chi connectivity index (χ2v) is 6.52. The van der Waals surface area contributed by atoms with Crippen molar-refractivity contribution in [2.75, 3.05) is 10.6 Å². The van der Waals surface area contributed by atoms with Crippen LogP contribution in [-0.4, -0.2) is 10.9 Å². The highest BCUT2D eigenvalue weighted by Gasteiger charge is 2.08. The lowest BCUT2D eigenvalue weighted by Gasteiger charge is -2.09. The van der Waals surface area contributed by atoms with Gasteiger partial charge in [0.15, 0.2) is 0 Å². The second-order valence-electron chi connectivity index (χ2n) is 5.60. The fourth-order valence-electron chi connectivity index (χ4n) is 2.39. The van der Waals surface area contributed by atoms with Crippen LogP contribution in [0.5, 0.6) is 0 Å². The summed E-state index contributed by atoms with van der Waals surface area (Å²) in [4.78, 5) is 16.6. The standard InChI is InChI=1S/C20H18BrN3O/c1-2-14-6-8-17(9-7-14)23-19-10-15(12-22-13-19)20(25)24-18-5-3-4-16(21)11-18/h3-13,23H,2H2,1H3,(H,24,25). The van der Waals surface area contributed by atoms with E-state index in [-0.39, 0.29) is 5.91 Å². The van der Waals surface area contributed by atoms with Crippen LogP contribution in [0.3, 0.4) is 0 Å². The van der Waals surface area contributed by atoms with E-state index < -0.39 is 0 Å². The van der Waals surface area contributed by atoms with Crippen LogP contribution in [0.15, 0.2) is 71.5 Å². The van der Waals surface area contributed by atoms with Crippen LogP contribution < -0.4 is 10.6 Å². The van der Waals surface area contributed by atoms with Crippen LogP contribution in [0.2, 0.25) is 0 Å². The number of nitrogens with one attached hydrogen (secondary N) is 2. The number of aryl methyl sites for hydroxylation is 1. The minimum absolute atomic E-state index is 0.199. The molecule has 5 heteroatoms. The van der Waals surface area contributed by atoms with Crippen molar-refractivity contribution in [2.24, 2.45) is 0 Å². The Morgan fingerprint density at radius 2 is 1.80 bits per heavy atom. The Balaban J connectivity index is 1.72. The number of anilines is 3. The summed E-state index contributed by atoms with van der Waals surface area (Å²) in [6.45, 7) is 2.12. The summed E-state index contributed by atoms with van der Waals surface area (Å²) in [7, 11) is 0. The number of benzene rings is 2. The molecule has 0 atom stereocenters. The lowest BCUT2D eigenvalue weighted by atomic mass is 10.1. The van der Waals surface area contributed by atoms with E-state index in [1.807, 2.05) is 36.4 Å². The first-order chi connectivity index (χ1) is 12.1. The summed E-state index contributed by atoms with van der Waals surface area (Å²) in [5.74, 6) is -0.199. The maximum Gasteiger partial charge on any atom is 0.257 e. The molecule has 3 rings (SSSR count). The molecule has 2 N–H and O–H groups in total. The Labute approximate surface area is 155 Å². The molecule has 0 aliphatic rings. The highest BCUT2D eigenvalue weighted by atomic mass is 79.9. The Morgan fingerprint density at radius 1 is 1.00 bits per heavy atom. The van der Waals surface area contributed by atoms with E-state index in [2.05, 4.69) is 50.6 Å². The van der Waals surface area contributed by atoms with Gasteiger partial charge in [-0.2, -0.15) is 0 Å². The van der Waals surface area contributed by atoms with Crippen molar-refractivity contribution in [1.82, 2.24) is 4.98 Å². The van der Waals surface area contributed by atoms with Gasteiger partial charge in [-0.3, -0.25) is 9.78 Å². The monoisotopic (exact) mass is 395 g/mol. The predicted octanol–water partition coefficient (Wildman–Crippen LogP) is 5.40. The van der Waals surface area contributed by atoms with Gasteiger partial charge in [-0.1, -0.05) is 41.1 Å². The normalized spacial score (nSPS) is 10.3. The van der Waals surface area contributed by atoms with Crippen molar-refractivity contribution in [2.45, 2.75) is 13.3 Å². The molecule has 1 heterocycles. The van der Waals surface area contributed by atoms with Crippen LogP contribution >= 0.6 is 15.9 Å². The number of rotatable bonds is 5. The molecule has 25 heavy (non-hydrogen) atoms. The van der Waals surface area contributed by atoms with Crippen molar-refractivity contribution >= 4 is 38.9 Å². The Bertz CT molecular complexity index is 878. The number of nitrogens with zero attached hydrogens (tertiary/aromatic N) is 1. The lowest BCUT2D eigenvalue weighted by molar-refractivity contribution is 0.102. The first-order valence-electron chi connectivity index (χ1n) is 8.02. The minimum Gasteiger partial charge on any atom is -0.354 e. The maximum absolute atomic E-state index is 12.4. The Hall–Kier alpha value is -2.66. The van der Waals surface area contributed by atoms with Gasteiger partial charge in [0, 0.05) is 22.0 Å². The molecule has 0 unspecified atom stereocenters. The number of pyridine rings is 1. The van der Waals surface area contributed by atoms with Crippen molar-refractivity contribution < 1.29 is 4.79 Å². The number of carbonyl (C=O) groups is 1.